The molecule has 0 bridgehead atoms. The van der Waals surface area contributed by atoms with Crippen molar-refractivity contribution in [2.45, 2.75) is 45.4 Å². The molecule has 86 valence electrons. The monoisotopic (exact) mass is 208 g/mol. The molecule has 1 N–H and O–H groups in total. The van der Waals surface area contributed by atoms with E-state index in [0.717, 1.165) is 38.5 Å². The van der Waals surface area contributed by atoms with Crippen LogP contribution in [0.15, 0.2) is 36.5 Å². The molecule has 0 aromatic carbocycles. The van der Waals surface area contributed by atoms with Gasteiger partial charge in [-0.15, -0.1) is 0 Å². The normalized spacial score (nSPS) is 12.4. The SMILES string of the molecule is C/C=C/CC/C=C/C/C=C/CCCCO. The average molecular weight is 208 g/mol. The number of allylic oxidation sites excluding steroid dienone is 6. The molecule has 0 aliphatic rings. The van der Waals surface area contributed by atoms with Crippen molar-refractivity contribution < 1.29 is 5.11 Å². The van der Waals surface area contributed by atoms with Crippen LogP contribution in [0, 0.1) is 0 Å². The van der Waals surface area contributed by atoms with Gasteiger partial charge in [-0.2, -0.15) is 0 Å². The molecule has 0 rings (SSSR count). The van der Waals surface area contributed by atoms with Gasteiger partial charge in [-0.3, -0.25) is 0 Å². The van der Waals surface area contributed by atoms with Crippen molar-refractivity contribution in [2.75, 3.05) is 6.61 Å². The van der Waals surface area contributed by atoms with Crippen molar-refractivity contribution in [2.24, 2.45) is 0 Å². The molecule has 0 amide bonds. The summed E-state index contributed by atoms with van der Waals surface area (Å²) in [7, 11) is 0. The molecule has 0 unspecified atom stereocenters. The maximum Gasteiger partial charge on any atom is 0.0431 e. The van der Waals surface area contributed by atoms with Crippen LogP contribution in [0.2, 0.25) is 0 Å². The summed E-state index contributed by atoms with van der Waals surface area (Å²) in [5.74, 6) is 0. The van der Waals surface area contributed by atoms with Crippen molar-refractivity contribution in [3.8, 4) is 0 Å². The molecule has 0 fully saturated rings. The van der Waals surface area contributed by atoms with Gasteiger partial charge in [0, 0.05) is 6.61 Å². The third-order valence-electron chi connectivity index (χ3n) is 2.12. The van der Waals surface area contributed by atoms with Crippen LogP contribution in [-0.2, 0) is 0 Å². The Morgan fingerprint density at radius 1 is 0.800 bits per heavy atom. The minimum Gasteiger partial charge on any atom is -0.396 e. The summed E-state index contributed by atoms with van der Waals surface area (Å²) in [6.45, 7) is 2.37. The lowest BCUT2D eigenvalue weighted by atomic mass is 10.2. The predicted molar refractivity (Wildman–Crippen MR) is 67.9 cm³/mol. The summed E-state index contributed by atoms with van der Waals surface area (Å²) in [6, 6.07) is 0. The Bertz CT molecular complexity index is 190. The summed E-state index contributed by atoms with van der Waals surface area (Å²) < 4.78 is 0. The molecule has 0 aliphatic heterocycles. The lowest BCUT2D eigenvalue weighted by Crippen LogP contribution is -1.79. The average Bonchev–Trinajstić information content (AvgIpc) is 2.26. The van der Waals surface area contributed by atoms with Gasteiger partial charge in [0.2, 0.25) is 0 Å². The van der Waals surface area contributed by atoms with Crippen LogP contribution in [0.1, 0.15) is 45.4 Å². The Balaban J connectivity index is 3.20. The van der Waals surface area contributed by atoms with Gasteiger partial charge in [-0.1, -0.05) is 36.5 Å². The summed E-state index contributed by atoms with van der Waals surface area (Å²) in [5, 5.41) is 8.57. The summed E-state index contributed by atoms with van der Waals surface area (Å²) in [6.07, 6.45) is 19.6. The van der Waals surface area contributed by atoms with E-state index < -0.39 is 0 Å². The largest absolute Gasteiger partial charge is 0.396 e. The maximum atomic E-state index is 8.57. The van der Waals surface area contributed by atoms with E-state index in [0.29, 0.717) is 6.61 Å². The lowest BCUT2D eigenvalue weighted by Gasteiger charge is -1.90. The Hall–Kier alpha value is -0.820. The van der Waals surface area contributed by atoms with Crippen LogP contribution in [-0.4, -0.2) is 11.7 Å². The van der Waals surface area contributed by atoms with Gasteiger partial charge < -0.3 is 5.11 Å². The fourth-order valence-corrected chi connectivity index (χ4v) is 1.24. The highest BCUT2D eigenvalue weighted by Gasteiger charge is 1.81. The molecule has 1 heteroatoms. The minimum absolute atomic E-state index is 0.318. The molecule has 0 saturated heterocycles. The highest BCUT2D eigenvalue weighted by molar-refractivity contribution is 4.93. The summed E-state index contributed by atoms with van der Waals surface area (Å²) in [4.78, 5) is 0. The lowest BCUT2D eigenvalue weighted by molar-refractivity contribution is 0.285. The maximum absolute atomic E-state index is 8.57. The number of hydrogen-bond donors (Lipinski definition) is 1. The molecule has 0 atom stereocenters. The second-order valence-electron chi connectivity index (χ2n) is 3.54. The number of aliphatic hydroxyl groups is 1. The number of unbranched alkanes of at least 4 members (excludes halogenated alkanes) is 3. The molecular formula is C14H24O. The molecule has 0 saturated carbocycles. The van der Waals surface area contributed by atoms with Crippen molar-refractivity contribution in [3.63, 3.8) is 0 Å². The summed E-state index contributed by atoms with van der Waals surface area (Å²) in [5.41, 5.74) is 0. The molecule has 0 aliphatic carbocycles. The molecule has 0 spiro atoms. The van der Waals surface area contributed by atoms with Gasteiger partial charge in [-0.05, 0) is 45.4 Å². The van der Waals surface area contributed by atoms with E-state index >= 15 is 0 Å². The standard InChI is InChI=1S/C14H24O/c1-2-3-4-5-6-7-8-9-10-11-12-13-14-15/h2-3,6-7,9-10,15H,4-5,8,11-14H2,1H3/b3-2+,7-6+,10-9+. The van der Waals surface area contributed by atoms with E-state index in [1.165, 1.54) is 0 Å². The van der Waals surface area contributed by atoms with Crippen LogP contribution < -0.4 is 0 Å². The van der Waals surface area contributed by atoms with Gasteiger partial charge in [0.15, 0.2) is 0 Å². The first-order valence-corrected chi connectivity index (χ1v) is 5.93. The summed E-state index contributed by atoms with van der Waals surface area (Å²) >= 11 is 0. The molecule has 0 aromatic rings. The second-order valence-corrected chi connectivity index (χ2v) is 3.54. The van der Waals surface area contributed by atoms with E-state index in [1.807, 2.05) is 0 Å². The van der Waals surface area contributed by atoms with Gasteiger partial charge in [0.05, 0.1) is 0 Å². The van der Waals surface area contributed by atoms with Crippen molar-refractivity contribution >= 4 is 0 Å². The zero-order chi connectivity index (χ0) is 11.2. The number of aliphatic hydroxyl groups excluding tert-OH is 1. The molecule has 0 aromatic heterocycles. The van der Waals surface area contributed by atoms with Gasteiger partial charge in [-0.25, -0.2) is 0 Å². The third kappa shape index (κ3) is 13.2. The third-order valence-corrected chi connectivity index (χ3v) is 2.12. The van der Waals surface area contributed by atoms with E-state index in [1.54, 1.807) is 0 Å². The van der Waals surface area contributed by atoms with Crippen LogP contribution in [0.3, 0.4) is 0 Å². The highest BCUT2D eigenvalue weighted by Crippen LogP contribution is 1.98. The van der Waals surface area contributed by atoms with Gasteiger partial charge in [0.25, 0.3) is 0 Å². The van der Waals surface area contributed by atoms with E-state index in [4.69, 9.17) is 5.11 Å². The first kappa shape index (κ1) is 14.2. The fourth-order valence-electron chi connectivity index (χ4n) is 1.24. The smallest absolute Gasteiger partial charge is 0.0431 e. The van der Waals surface area contributed by atoms with Crippen molar-refractivity contribution in [3.05, 3.63) is 36.5 Å². The highest BCUT2D eigenvalue weighted by atomic mass is 16.2. The number of rotatable bonds is 9. The fraction of sp³-hybridized carbons (Fsp3) is 0.571. The molecule has 1 nitrogen and oxygen atoms in total. The zero-order valence-electron chi connectivity index (χ0n) is 9.86. The van der Waals surface area contributed by atoms with E-state index in [9.17, 15) is 0 Å². The first-order chi connectivity index (χ1) is 7.41. The van der Waals surface area contributed by atoms with E-state index in [-0.39, 0.29) is 0 Å². The predicted octanol–water partition coefficient (Wildman–Crippen LogP) is 4.01. The Labute approximate surface area is 94.2 Å². The first-order valence-electron chi connectivity index (χ1n) is 5.93. The van der Waals surface area contributed by atoms with Crippen molar-refractivity contribution in [1.82, 2.24) is 0 Å². The Kier molecular flexibility index (Phi) is 12.5. The van der Waals surface area contributed by atoms with Crippen LogP contribution in [0.4, 0.5) is 0 Å². The Morgan fingerprint density at radius 3 is 2.13 bits per heavy atom. The van der Waals surface area contributed by atoms with E-state index in [2.05, 4.69) is 43.4 Å². The van der Waals surface area contributed by atoms with Gasteiger partial charge in [0.1, 0.15) is 0 Å². The molecule has 15 heavy (non-hydrogen) atoms. The van der Waals surface area contributed by atoms with Crippen LogP contribution in [0.25, 0.3) is 0 Å². The molecule has 0 heterocycles. The quantitative estimate of drug-likeness (QED) is 0.448. The van der Waals surface area contributed by atoms with Crippen LogP contribution >= 0.6 is 0 Å². The second kappa shape index (κ2) is 13.2. The minimum atomic E-state index is 0.318. The molecular weight excluding hydrogens is 184 g/mol. The molecule has 0 radical (unpaired) electrons. The topological polar surface area (TPSA) is 20.2 Å². The Morgan fingerprint density at radius 2 is 1.47 bits per heavy atom. The van der Waals surface area contributed by atoms with Gasteiger partial charge >= 0.3 is 0 Å². The van der Waals surface area contributed by atoms with Crippen molar-refractivity contribution in [1.29, 1.82) is 0 Å². The van der Waals surface area contributed by atoms with Crippen LogP contribution in [0.5, 0.6) is 0 Å². The zero-order valence-corrected chi connectivity index (χ0v) is 9.86. The number of hydrogen-bond acceptors (Lipinski definition) is 1.